The molecular formula is C15H19N3O2. The topological polar surface area (TPSA) is 76.4 Å². The molecule has 0 saturated carbocycles. The van der Waals surface area contributed by atoms with Crippen LogP contribution in [0.1, 0.15) is 32.3 Å². The minimum atomic E-state index is -0.904. The summed E-state index contributed by atoms with van der Waals surface area (Å²) >= 11 is 0. The van der Waals surface area contributed by atoms with Crippen LogP contribution in [0.4, 0.5) is 10.5 Å². The van der Waals surface area contributed by atoms with E-state index in [1.165, 1.54) is 0 Å². The van der Waals surface area contributed by atoms with Crippen LogP contribution in [0.25, 0.3) is 0 Å². The molecule has 2 rings (SSSR count). The predicted molar refractivity (Wildman–Crippen MR) is 76.2 cm³/mol. The second-order valence-electron chi connectivity index (χ2n) is 5.62. The molecular weight excluding hydrogens is 254 g/mol. The number of hydrogen-bond acceptors (Lipinski definition) is 3. The van der Waals surface area contributed by atoms with Crippen molar-refractivity contribution in [2.75, 3.05) is 11.9 Å². The lowest BCUT2D eigenvalue weighted by Crippen LogP contribution is -2.49. The number of amides is 2. The molecule has 0 radical (unpaired) electrons. The van der Waals surface area contributed by atoms with Crippen LogP contribution in [-0.2, 0) is 0 Å². The second-order valence-corrected chi connectivity index (χ2v) is 5.62. The average Bonchev–Trinajstić information content (AvgIpc) is 2.89. The van der Waals surface area contributed by atoms with Gasteiger partial charge in [0.15, 0.2) is 0 Å². The Kier molecular flexibility index (Phi) is 3.96. The van der Waals surface area contributed by atoms with Crippen LogP contribution >= 0.6 is 0 Å². The van der Waals surface area contributed by atoms with Gasteiger partial charge in [0, 0.05) is 12.2 Å². The van der Waals surface area contributed by atoms with E-state index in [0.29, 0.717) is 17.8 Å². The van der Waals surface area contributed by atoms with Gasteiger partial charge in [-0.1, -0.05) is 0 Å². The Hall–Kier alpha value is -2.06. The lowest BCUT2D eigenvalue weighted by Gasteiger charge is -2.33. The molecule has 1 aromatic carbocycles. The third kappa shape index (κ3) is 3.09. The van der Waals surface area contributed by atoms with E-state index in [0.717, 1.165) is 12.8 Å². The summed E-state index contributed by atoms with van der Waals surface area (Å²) in [6.07, 6.45) is 1.71. The number of rotatable bonds is 2. The number of likely N-dealkylation sites (tertiary alicyclic amines) is 1. The lowest BCUT2D eigenvalue weighted by atomic mass is 9.97. The van der Waals surface area contributed by atoms with Gasteiger partial charge < -0.3 is 15.3 Å². The Bertz CT molecular complexity index is 526. The summed E-state index contributed by atoms with van der Waals surface area (Å²) in [4.78, 5) is 13.9. The summed E-state index contributed by atoms with van der Waals surface area (Å²) in [6.45, 7) is 4.10. The van der Waals surface area contributed by atoms with Crippen LogP contribution in [0.15, 0.2) is 24.3 Å². The molecule has 106 valence electrons. The molecule has 1 aromatic rings. The molecule has 0 aliphatic carbocycles. The molecule has 1 unspecified atom stereocenters. The highest BCUT2D eigenvalue weighted by Gasteiger charge is 2.38. The normalized spacial score (nSPS) is 18.7. The lowest BCUT2D eigenvalue weighted by molar-refractivity contribution is 0.0117. The highest BCUT2D eigenvalue weighted by atomic mass is 16.3. The van der Waals surface area contributed by atoms with Crippen molar-refractivity contribution >= 4 is 11.7 Å². The smallest absolute Gasteiger partial charge is 0.322 e. The van der Waals surface area contributed by atoms with Gasteiger partial charge in [0.1, 0.15) is 0 Å². The van der Waals surface area contributed by atoms with Crippen LogP contribution < -0.4 is 5.32 Å². The number of hydrogen-bond donors (Lipinski definition) is 2. The largest absolute Gasteiger partial charge is 0.388 e. The van der Waals surface area contributed by atoms with Gasteiger partial charge in [-0.15, -0.1) is 0 Å². The first-order valence-corrected chi connectivity index (χ1v) is 6.72. The summed E-state index contributed by atoms with van der Waals surface area (Å²) in [5.74, 6) is 0. The molecule has 0 spiro atoms. The van der Waals surface area contributed by atoms with Crippen LogP contribution in [-0.4, -0.2) is 34.2 Å². The molecule has 5 heteroatoms. The SMILES string of the molecule is CC(C)(O)C1CCCN1C(=O)Nc1ccc(C#N)cc1. The van der Waals surface area contributed by atoms with Gasteiger partial charge in [0.05, 0.1) is 23.3 Å². The van der Waals surface area contributed by atoms with Crippen molar-refractivity contribution in [2.45, 2.75) is 38.3 Å². The summed E-state index contributed by atoms with van der Waals surface area (Å²) in [6, 6.07) is 8.38. The van der Waals surface area contributed by atoms with Crippen molar-refractivity contribution in [3.05, 3.63) is 29.8 Å². The Morgan fingerprint density at radius 1 is 1.45 bits per heavy atom. The zero-order chi connectivity index (χ0) is 14.8. The van der Waals surface area contributed by atoms with E-state index in [1.54, 1.807) is 43.0 Å². The van der Waals surface area contributed by atoms with Crippen LogP contribution in [0, 0.1) is 11.3 Å². The maximum atomic E-state index is 12.3. The van der Waals surface area contributed by atoms with E-state index >= 15 is 0 Å². The number of aliphatic hydroxyl groups is 1. The van der Waals surface area contributed by atoms with E-state index < -0.39 is 5.60 Å². The molecule has 1 atom stereocenters. The molecule has 1 saturated heterocycles. The highest BCUT2D eigenvalue weighted by molar-refractivity contribution is 5.89. The Morgan fingerprint density at radius 3 is 2.65 bits per heavy atom. The van der Waals surface area contributed by atoms with Crippen molar-refractivity contribution < 1.29 is 9.90 Å². The quantitative estimate of drug-likeness (QED) is 0.868. The number of nitrogens with one attached hydrogen (secondary N) is 1. The fourth-order valence-corrected chi connectivity index (χ4v) is 2.57. The van der Waals surface area contributed by atoms with Gasteiger partial charge in [-0.25, -0.2) is 4.79 Å². The zero-order valence-electron chi connectivity index (χ0n) is 11.8. The van der Waals surface area contributed by atoms with Crippen molar-refractivity contribution in [3.8, 4) is 6.07 Å². The van der Waals surface area contributed by atoms with Crippen LogP contribution in [0.5, 0.6) is 0 Å². The summed E-state index contributed by atoms with van der Waals surface area (Å²) in [5.41, 5.74) is 0.298. The Balaban J connectivity index is 2.06. The monoisotopic (exact) mass is 273 g/mol. The molecule has 1 aliphatic rings. The van der Waals surface area contributed by atoms with E-state index in [-0.39, 0.29) is 12.1 Å². The van der Waals surface area contributed by atoms with Crippen molar-refractivity contribution in [1.82, 2.24) is 4.90 Å². The van der Waals surface area contributed by atoms with E-state index in [2.05, 4.69) is 5.32 Å². The maximum Gasteiger partial charge on any atom is 0.322 e. The minimum absolute atomic E-state index is 0.166. The van der Waals surface area contributed by atoms with Crippen molar-refractivity contribution in [3.63, 3.8) is 0 Å². The minimum Gasteiger partial charge on any atom is -0.388 e. The molecule has 2 amide bonds. The molecule has 0 aromatic heterocycles. The van der Waals surface area contributed by atoms with Crippen molar-refractivity contribution in [1.29, 1.82) is 5.26 Å². The van der Waals surface area contributed by atoms with Crippen LogP contribution in [0.3, 0.4) is 0 Å². The Labute approximate surface area is 118 Å². The van der Waals surface area contributed by atoms with E-state index in [9.17, 15) is 9.90 Å². The molecule has 0 bridgehead atoms. The van der Waals surface area contributed by atoms with E-state index in [1.807, 2.05) is 6.07 Å². The third-order valence-corrected chi connectivity index (χ3v) is 3.59. The number of urea groups is 1. The van der Waals surface area contributed by atoms with Gasteiger partial charge in [-0.05, 0) is 51.0 Å². The molecule has 1 heterocycles. The molecule has 5 nitrogen and oxygen atoms in total. The van der Waals surface area contributed by atoms with Gasteiger partial charge in [-0.2, -0.15) is 5.26 Å². The standard InChI is InChI=1S/C15H19N3O2/c1-15(2,20)13-4-3-9-18(13)14(19)17-12-7-5-11(10-16)6-8-12/h5-8,13,20H,3-4,9H2,1-2H3,(H,17,19). The first kappa shape index (κ1) is 14.4. The van der Waals surface area contributed by atoms with Gasteiger partial charge in [0.25, 0.3) is 0 Å². The third-order valence-electron chi connectivity index (χ3n) is 3.59. The number of anilines is 1. The fraction of sp³-hybridized carbons (Fsp3) is 0.467. The number of nitrogens with zero attached hydrogens (tertiary/aromatic N) is 2. The molecule has 20 heavy (non-hydrogen) atoms. The summed E-state index contributed by atoms with van der Waals surface area (Å²) < 4.78 is 0. The van der Waals surface area contributed by atoms with Gasteiger partial charge in [-0.3, -0.25) is 0 Å². The molecule has 1 aliphatic heterocycles. The van der Waals surface area contributed by atoms with Gasteiger partial charge in [0.2, 0.25) is 0 Å². The van der Waals surface area contributed by atoms with Gasteiger partial charge >= 0.3 is 6.03 Å². The summed E-state index contributed by atoms with van der Waals surface area (Å²) in [5, 5.41) is 21.7. The molecule has 2 N–H and O–H groups in total. The first-order valence-electron chi connectivity index (χ1n) is 6.72. The zero-order valence-corrected chi connectivity index (χ0v) is 11.8. The predicted octanol–water partition coefficient (Wildman–Crippen LogP) is 2.33. The number of nitriles is 1. The maximum absolute atomic E-state index is 12.3. The number of carbonyl (C=O) groups excluding carboxylic acids is 1. The fourth-order valence-electron chi connectivity index (χ4n) is 2.57. The second kappa shape index (κ2) is 5.51. The highest BCUT2D eigenvalue weighted by Crippen LogP contribution is 2.27. The van der Waals surface area contributed by atoms with Crippen molar-refractivity contribution in [2.24, 2.45) is 0 Å². The number of benzene rings is 1. The molecule has 1 fully saturated rings. The average molecular weight is 273 g/mol. The first-order chi connectivity index (χ1) is 9.41. The van der Waals surface area contributed by atoms with E-state index in [4.69, 9.17) is 5.26 Å². The summed E-state index contributed by atoms with van der Waals surface area (Å²) in [7, 11) is 0. The van der Waals surface area contributed by atoms with Crippen LogP contribution in [0.2, 0.25) is 0 Å². The number of carbonyl (C=O) groups is 1. The Morgan fingerprint density at radius 2 is 2.10 bits per heavy atom.